The summed E-state index contributed by atoms with van der Waals surface area (Å²) in [5, 5.41) is 3.62. The molecule has 0 aromatic heterocycles. The van der Waals surface area contributed by atoms with E-state index in [0.29, 0.717) is 18.1 Å². The first-order valence-electron chi connectivity index (χ1n) is 6.62. The summed E-state index contributed by atoms with van der Waals surface area (Å²) in [7, 11) is 0. The van der Waals surface area contributed by atoms with Crippen LogP contribution in [0.4, 0.5) is 0 Å². The molecular weight excluding hydrogens is 262 g/mol. The van der Waals surface area contributed by atoms with E-state index in [0.717, 1.165) is 31.5 Å². The molecule has 1 aliphatic rings. The van der Waals surface area contributed by atoms with Gasteiger partial charge in [0, 0.05) is 24.2 Å². The number of likely N-dealkylation sites (tertiary alicyclic amines) is 1. The first-order valence-corrected chi connectivity index (χ1v) is 7.00. The number of benzene rings is 1. The van der Waals surface area contributed by atoms with Gasteiger partial charge in [-0.2, -0.15) is 0 Å². The van der Waals surface area contributed by atoms with Crippen LogP contribution in [0, 0.1) is 0 Å². The molecule has 2 rings (SSSR count). The Morgan fingerprint density at radius 2 is 2.16 bits per heavy atom. The van der Waals surface area contributed by atoms with Gasteiger partial charge in [-0.25, -0.2) is 0 Å². The second-order valence-corrected chi connectivity index (χ2v) is 5.48. The number of rotatable bonds is 4. The Morgan fingerprint density at radius 3 is 2.84 bits per heavy atom. The Balaban J connectivity index is 1.73. The van der Waals surface area contributed by atoms with E-state index < -0.39 is 0 Å². The highest BCUT2D eigenvalue weighted by atomic mass is 35.5. The lowest BCUT2D eigenvalue weighted by atomic mass is 10.1. The van der Waals surface area contributed by atoms with Gasteiger partial charge in [-0.05, 0) is 37.1 Å². The fourth-order valence-corrected chi connectivity index (χ4v) is 2.42. The third-order valence-electron chi connectivity index (χ3n) is 3.31. The van der Waals surface area contributed by atoms with Crippen LogP contribution < -0.4 is 11.1 Å². The van der Waals surface area contributed by atoms with E-state index >= 15 is 0 Å². The molecule has 1 aromatic rings. The van der Waals surface area contributed by atoms with Gasteiger partial charge >= 0.3 is 0 Å². The molecule has 1 aromatic carbocycles. The predicted molar refractivity (Wildman–Crippen MR) is 76.9 cm³/mol. The smallest absolute Gasteiger partial charge is 0.234 e. The molecule has 1 fully saturated rings. The molecule has 4 nitrogen and oxygen atoms in total. The molecule has 0 aliphatic carbocycles. The second-order valence-electron chi connectivity index (χ2n) is 5.04. The van der Waals surface area contributed by atoms with Crippen molar-refractivity contribution >= 4 is 17.5 Å². The van der Waals surface area contributed by atoms with E-state index in [1.807, 2.05) is 24.3 Å². The van der Waals surface area contributed by atoms with Crippen LogP contribution in [-0.4, -0.2) is 36.5 Å². The molecule has 5 heteroatoms. The summed E-state index contributed by atoms with van der Waals surface area (Å²) in [6.45, 7) is 2.74. The maximum atomic E-state index is 11.8. The molecule has 0 spiro atoms. The average Bonchev–Trinajstić information content (AvgIpc) is 2.38. The first-order chi connectivity index (χ1) is 9.13. The minimum absolute atomic E-state index is 0.0454. The van der Waals surface area contributed by atoms with Gasteiger partial charge in [0.2, 0.25) is 5.91 Å². The van der Waals surface area contributed by atoms with E-state index in [9.17, 15) is 4.79 Å². The fourth-order valence-electron chi connectivity index (χ4n) is 2.30. The predicted octanol–water partition coefficient (Wildman–Crippen LogP) is 1.38. The molecule has 1 aliphatic heterocycles. The summed E-state index contributed by atoms with van der Waals surface area (Å²) >= 11 is 5.81. The van der Waals surface area contributed by atoms with Crippen molar-refractivity contribution < 1.29 is 4.79 Å². The van der Waals surface area contributed by atoms with Gasteiger partial charge in [0.15, 0.2) is 0 Å². The molecule has 1 heterocycles. The topological polar surface area (TPSA) is 58.4 Å². The Kier molecular flexibility index (Phi) is 5.19. The zero-order chi connectivity index (χ0) is 13.7. The standard InChI is InChI=1S/C14H20ClN3O/c15-12-5-3-11(4-6-12)8-17-14(19)10-18-7-1-2-13(16)9-18/h3-6,13H,1-2,7-10,16H2,(H,17,19)/t13-/m1/s1. The van der Waals surface area contributed by atoms with E-state index in [1.165, 1.54) is 0 Å². The van der Waals surface area contributed by atoms with Crippen LogP contribution in [0.1, 0.15) is 18.4 Å². The third-order valence-corrected chi connectivity index (χ3v) is 3.56. The molecule has 1 amide bonds. The highest BCUT2D eigenvalue weighted by Gasteiger charge is 2.18. The number of amides is 1. The fraction of sp³-hybridized carbons (Fsp3) is 0.500. The number of nitrogens with zero attached hydrogens (tertiary/aromatic N) is 1. The van der Waals surface area contributed by atoms with Crippen molar-refractivity contribution in [2.75, 3.05) is 19.6 Å². The summed E-state index contributed by atoms with van der Waals surface area (Å²) in [6, 6.07) is 7.69. The lowest BCUT2D eigenvalue weighted by Crippen LogP contribution is -2.46. The highest BCUT2D eigenvalue weighted by molar-refractivity contribution is 6.30. The van der Waals surface area contributed by atoms with Crippen LogP contribution >= 0.6 is 11.6 Å². The Labute approximate surface area is 118 Å². The van der Waals surface area contributed by atoms with Crippen LogP contribution in [0.3, 0.4) is 0 Å². The number of carbonyl (C=O) groups excluding carboxylic acids is 1. The van der Waals surface area contributed by atoms with Crippen LogP contribution in [0.5, 0.6) is 0 Å². The number of nitrogens with one attached hydrogen (secondary N) is 1. The van der Waals surface area contributed by atoms with E-state index in [-0.39, 0.29) is 11.9 Å². The summed E-state index contributed by atoms with van der Waals surface area (Å²) in [4.78, 5) is 14.0. The normalized spacial score (nSPS) is 20.2. The number of halogens is 1. The third kappa shape index (κ3) is 4.82. The lowest BCUT2D eigenvalue weighted by molar-refractivity contribution is -0.122. The van der Waals surface area contributed by atoms with Gasteiger partial charge < -0.3 is 11.1 Å². The average molecular weight is 282 g/mol. The van der Waals surface area contributed by atoms with Crippen molar-refractivity contribution in [2.24, 2.45) is 5.73 Å². The minimum Gasteiger partial charge on any atom is -0.351 e. The molecule has 0 bridgehead atoms. The van der Waals surface area contributed by atoms with Crippen LogP contribution in [-0.2, 0) is 11.3 Å². The molecule has 0 unspecified atom stereocenters. The number of hydrogen-bond acceptors (Lipinski definition) is 3. The summed E-state index contributed by atoms with van der Waals surface area (Å²) < 4.78 is 0. The Hall–Kier alpha value is -1.10. The molecule has 19 heavy (non-hydrogen) atoms. The van der Waals surface area contributed by atoms with Gasteiger partial charge in [-0.3, -0.25) is 9.69 Å². The largest absolute Gasteiger partial charge is 0.351 e. The van der Waals surface area contributed by atoms with Crippen LogP contribution in [0.15, 0.2) is 24.3 Å². The second kappa shape index (κ2) is 6.89. The number of carbonyl (C=O) groups is 1. The maximum absolute atomic E-state index is 11.8. The zero-order valence-corrected chi connectivity index (χ0v) is 11.7. The SMILES string of the molecule is N[C@@H]1CCCN(CC(=O)NCc2ccc(Cl)cc2)C1. The Morgan fingerprint density at radius 1 is 1.42 bits per heavy atom. The minimum atomic E-state index is 0.0454. The van der Waals surface area contributed by atoms with Crippen LogP contribution in [0.25, 0.3) is 0 Å². The van der Waals surface area contributed by atoms with Gasteiger partial charge in [-0.15, -0.1) is 0 Å². The monoisotopic (exact) mass is 281 g/mol. The number of piperidine rings is 1. The van der Waals surface area contributed by atoms with Crippen molar-refractivity contribution in [3.8, 4) is 0 Å². The quantitative estimate of drug-likeness (QED) is 0.877. The maximum Gasteiger partial charge on any atom is 0.234 e. The molecule has 3 N–H and O–H groups in total. The van der Waals surface area contributed by atoms with Crippen molar-refractivity contribution in [2.45, 2.75) is 25.4 Å². The van der Waals surface area contributed by atoms with Crippen LogP contribution in [0.2, 0.25) is 5.02 Å². The number of hydrogen-bond donors (Lipinski definition) is 2. The molecule has 0 saturated carbocycles. The van der Waals surface area contributed by atoms with E-state index in [1.54, 1.807) is 0 Å². The van der Waals surface area contributed by atoms with Gasteiger partial charge in [0.05, 0.1) is 6.54 Å². The zero-order valence-electron chi connectivity index (χ0n) is 10.9. The van der Waals surface area contributed by atoms with Crippen molar-refractivity contribution in [3.05, 3.63) is 34.9 Å². The van der Waals surface area contributed by atoms with E-state index in [2.05, 4.69) is 10.2 Å². The number of nitrogens with two attached hydrogens (primary N) is 1. The van der Waals surface area contributed by atoms with Crippen molar-refractivity contribution in [3.63, 3.8) is 0 Å². The summed E-state index contributed by atoms with van der Waals surface area (Å²) in [6.07, 6.45) is 2.13. The molecule has 104 valence electrons. The molecular formula is C14H20ClN3O. The molecule has 1 atom stereocenters. The van der Waals surface area contributed by atoms with Gasteiger partial charge in [0.1, 0.15) is 0 Å². The Bertz CT molecular complexity index is 421. The van der Waals surface area contributed by atoms with Crippen molar-refractivity contribution in [1.29, 1.82) is 0 Å². The summed E-state index contributed by atoms with van der Waals surface area (Å²) in [5.41, 5.74) is 6.94. The van der Waals surface area contributed by atoms with Gasteiger partial charge in [-0.1, -0.05) is 23.7 Å². The molecule has 1 saturated heterocycles. The molecule has 0 radical (unpaired) electrons. The summed E-state index contributed by atoms with van der Waals surface area (Å²) in [5.74, 6) is 0.0454. The van der Waals surface area contributed by atoms with Crippen molar-refractivity contribution in [1.82, 2.24) is 10.2 Å². The lowest BCUT2D eigenvalue weighted by Gasteiger charge is -2.29. The highest BCUT2D eigenvalue weighted by Crippen LogP contribution is 2.09. The van der Waals surface area contributed by atoms with Gasteiger partial charge in [0.25, 0.3) is 0 Å². The van der Waals surface area contributed by atoms with E-state index in [4.69, 9.17) is 17.3 Å². The first kappa shape index (κ1) is 14.3.